The minimum Gasteiger partial charge on any atom is -0.318 e. The van der Waals surface area contributed by atoms with Gasteiger partial charge in [0.25, 0.3) is 5.69 Å². The minimum atomic E-state index is -0.413. The molecule has 0 amide bonds. The fourth-order valence-corrected chi connectivity index (χ4v) is 3.39. The number of non-ortho nitro benzene ring substituents is 1. The van der Waals surface area contributed by atoms with Gasteiger partial charge in [-0.3, -0.25) is 19.8 Å². The molecule has 0 radical (unpaired) electrons. The number of nitro benzene ring substituents is 1. The van der Waals surface area contributed by atoms with Crippen LogP contribution in [0.25, 0.3) is 5.69 Å². The highest BCUT2D eigenvalue weighted by atomic mass is 16.6. The van der Waals surface area contributed by atoms with Gasteiger partial charge in [-0.2, -0.15) is 0 Å². The lowest BCUT2D eigenvalue weighted by molar-refractivity contribution is -0.384. The summed E-state index contributed by atoms with van der Waals surface area (Å²) in [5.74, 6) is 0.137. The first-order valence-electron chi connectivity index (χ1n) is 8.16. The normalized spacial score (nSPS) is 14.9. The summed E-state index contributed by atoms with van der Waals surface area (Å²) in [7, 11) is 0. The number of hydrogen-bond donors (Lipinski definition) is 0. The standard InChI is InChI=1S/C18H21N3O3/c1-13-11-17(18(22)12-19-9-3-4-10-19)14(2)20(13)15-5-7-16(8-6-15)21(23)24/h5-8,11H,3-4,9-10,12H2,1-2H3. The van der Waals surface area contributed by atoms with E-state index in [1.165, 1.54) is 12.1 Å². The van der Waals surface area contributed by atoms with Crippen LogP contribution < -0.4 is 0 Å². The second-order valence-electron chi connectivity index (χ2n) is 6.30. The van der Waals surface area contributed by atoms with Gasteiger partial charge in [-0.25, -0.2) is 0 Å². The first kappa shape index (κ1) is 16.4. The SMILES string of the molecule is Cc1cc(C(=O)CN2CCCC2)c(C)n1-c1ccc([N+](=O)[O-])cc1. The van der Waals surface area contributed by atoms with Gasteiger partial charge in [-0.1, -0.05) is 0 Å². The number of carbonyl (C=O) groups excluding carboxylic acids is 1. The summed E-state index contributed by atoms with van der Waals surface area (Å²) in [4.78, 5) is 25.2. The molecule has 1 aliphatic rings. The number of benzene rings is 1. The van der Waals surface area contributed by atoms with Crippen LogP contribution in [0.3, 0.4) is 0 Å². The van der Waals surface area contributed by atoms with E-state index >= 15 is 0 Å². The van der Waals surface area contributed by atoms with E-state index in [1.54, 1.807) is 12.1 Å². The van der Waals surface area contributed by atoms with Gasteiger partial charge in [0.15, 0.2) is 5.78 Å². The molecule has 6 heteroatoms. The van der Waals surface area contributed by atoms with Crippen molar-refractivity contribution in [3.8, 4) is 5.69 Å². The van der Waals surface area contributed by atoms with Crippen LogP contribution in [0, 0.1) is 24.0 Å². The third kappa shape index (κ3) is 3.10. The topological polar surface area (TPSA) is 68.4 Å². The number of likely N-dealkylation sites (tertiary alicyclic amines) is 1. The Morgan fingerprint density at radius 2 is 1.79 bits per heavy atom. The third-order valence-electron chi connectivity index (χ3n) is 4.62. The average Bonchev–Trinajstić information content (AvgIpc) is 3.15. The highest BCUT2D eigenvalue weighted by Crippen LogP contribution is 2.23. The molecule has 2 aromatic rings. The second-order valence-corrected chi connectivity index (χ2v) is 6.30. The maximum atomic E-state index is 12.6. The maximum absolute atomic E-state index is 12.6. The monoisotopic (exact) mass is 327 g/mol. The fraction of sp³-hybridized carbons (Fsp3) is 0.389. The van der Waals surface area contributed by atoms with Crippen molar-refractivity contribution < 1.29 is 9.72 Å². The molecule has 6 nitrogen and oxygen atoms in total. The Kier molecular flexibility index (Phi) is 4.49. The second kappa shape index (κ2) is 6.57. The van der Waals surface area contributed by atoms with Gasteiger partial charge in [0.05, 0.1) is 11.5 Å². The first-order valence-corrected chi connectivity index (χ1v) is 8.16. The lowest BCUT2D eigenvalue weighted by Crippen LogP contribution is -2.27. The number of hydrogen-bond acceptors (Lipinski definition) is 4. The summed E-state index contributed by atoms with van der Waals surface area (Å²) in [6, 6.07) is 8.31. The quantitative estimate of drug-likeness (QED) is 0.480. The van der Waals surface area contributed by atoms with E-state index in [4.69, 9.17) is 0 Å². The molecule has 2 heterocycles. The van der Waals surface area contributed by atoms with E-state index in [1.807, 2.05) is 24.5 Å². The molecular formula is C18H21N3O3. The van der Waals surface area contributed by atoms with Crippen molar-refractivity contribution in [2.45, 2.75) is 26.7 Å². The van der Waals surface area contributed by atoms with Crippen LogP contribution in [0.1, 0.15) is 34.6 Å². The van der Waals surface area contributed by atoms with Crippen LogP contribution in [-0.2, 0) is 0 Å². The molecule has 1 aromatic heterocycles. The molecule has 0 aliphatic carbocycles. The minimum absolute atomic E-state index is 0.0616. The molecule has 1 aliphatic heterocycles. The Bertz CT molecular complexity index is 772. The molecule has 24 heavy (non-hydrogen) atoms. The van der Waals surface area contributed by atoms with Crippen LogP contribution in [0.2, 0.25) is 0 Å². The largest absolute Gasteiger partial charge is 0.318 e. The summed E-state index contributed by atoms with van der Waals surface area (Å²) in [6.07, 6.45) is 2.32. The van der Waals surface area contributed by atoms with Gasteiger partial charge in [-0.05, 0) is 58.0 Å². The molecule has 1 aromatic carbocycles. The van der Waals surface area contributed by atoms with E-state index in [0.29, 0.717) is 6.54 Å². The zero-order chi connectivity index (χ0) is 17.3. The number of aryl methyl sites for hydroxylation is 1. The number of aromatic nitrogens is 1. The molecule has 126 valence electrons. The van der Waals surface area contributed by atoms with Gasteiger partial charge < -0.3 is 4.57 Å². The lowest BCUT2D eigenvalue weighted by atomic mass is 10.1. The van der Waals surface area contributed by atoms with Crippen LogP contribution in [0.15, 0.2) is 30.3 Å². The van der Waals surface area contributed by atoms with Crippen LogP contribution in [-0.4, -0.2) is 39.8 Å². The van der Waals surface area contributed by atoms with E-state index < -0.39 is 4.92 Å². The van der Waals surface area contributed by atoms with Gasteiger partial charge in [0, 0.05) is 34.8 Å². The third-order valence-corrected chi connectivity index (χ3v) is 4.62. The summed E-state index contributed by atoms with van der Waals surface area (Å²) in [6.45, 7) is 6.32. The van der Waals surface area contributed by atoms with Crippen molar-refractivity contribution in [1.82, 2.24) is 9.47 Å². The highest BCUT2D eigenvalue weighted by Gasteiger charge is 2.21. The molecule has 1 fully saturated rings. The van der Waals surface area contributed by atoms with Crippen LogP contribution >= 0.6 is 0 Å². The fourth-order valence-electron chi connectivity index (χ4n) is 3.39. The molecule has 0 atom stereocenters. The number of rotatable bonds is 5. The van der Waals surface area contributed by atoms with Crippen LogP contribution in [0.4, 0.5) is 5.69 Å². The Hall–Kier alpha value is -2.47. The summed E-state index contributed by atoms with van der Waals surface area (Å²) in [5, 5.41) is 10.8. The van der Waals surface area contributed by atoms with Crippen molar-refractivity contribution in [3.63, 3.8) is 0 Å². The molecule has 0 bridgehead atoms. The van der Waals surface area contributed by atoms with Crippen molar-refractivity contribution in [1.29, 1.82) is 0 Å². The average molecular weight is 327 g/mol. The zero-order valence-electron chi connectivity index (χ0n) is 14.0. The molecule has 0 spiro atoms. The van der Waals surface area contributed by atoms with E-state index in [-0.39, 0.29) is 11.5 Å². The smallest absolute Gasteiger partial charge is 0.269 e. The highest BCUT2D eigenvalue weighted by molar-refractivity contribution is 5.99. The predicted molar refractivity (Wildman–Crippen MR) is 91.9 cm³/mol. The molecular weight excluding hydrogens is 306 g/mol. The number of nitro groups is 1. The Labute approximate surface area is 140 Å². The number of nitrogens with zero attached hydrogens (tertiary/aromatic N) is 3. The van der Waals surface area contributed by atoms with Crippen molar-refractivity contribution in [2.75, 3.05) is 19.6 Å². The summed E-state index contributed by atoms with van der Waals surface area (Å²) in [5.41, 5.74) is 3.46. The molecule has 0 saturated carbocycles. The number of Topliss-reactive ketones (excluding diaryl/α,β-unsaturated/α-hetero) is 1. The van der Waals surface area contributed by atoms with Crippen molar-refractivity contribution in [3.05, 3.63) is 57.4 Å². The van der Waals surface area contributed by atoms with Crippen molar-refractivity contribution in [2.24, 2.45) is 0 Å². The predicted octanol–water partition coefficient (Wildman–Crippen LogP) is 3.28. The summed E-state index contributed by atoms with van der Waals surface area (Å²) >= 11 is 0. The van der Waals surface area contributed by atoms with Gasteiger partial charge in [-0.15, -0.1) is 0 Å². The first-order chi connectivity index (χ1) is 11.5. The molecule has 1 saturated heterocycles. The molecule has 0 N–H and O–H groups in total. The lowest BCUT2D eigenvalue weighted by Gasteiger charge is -2.13. The number of carbonyl (C=O) groups is 1. The van der Waals surface area contributed by atoms with E-state index in [9.17, 15) is 14.9 Å². The number of ketones is 1. The van der Waals surface area contributed by atoms with E-state index in [0.717, 1.165) is 48.6 Å². The Balaban J connectivity index is 1.88. The Morgan fingerprint density at radius 1 is 1.17 bits per heavy atom. The van der Waals surface area contributed by atoms with E-state index in [2.05, 4.69) is 4.90 Å². The Morgan fingerprint density at radius 3 is 2.38 bits per heavy atom. The maximum Gasteiger partial charge on any atom is 0.269 e. The zero-order valence-corrected chi connectivity index (χ0v) is 14.0. The van der Waals surface area contributed by atoms with Gasteiger partial charge in [0.2, 0.25) is 0 Å². The van der Waals surface area contributed by atoms with Crippen LogP contribution in [0.5, 0.6) is 0 Å². The molecule has 3 rings (SSSR count). The van der Waals surface area contributed by atoms with Gasteiger partial charge in [0.1, 0.15) is 0 Å². The van der Waals surface area contributed by atoms with Gasteiger partial charge >= 0.3 is 0 Å². The molecule has 0 unspecified atom stereocenters. The summed E-state index contributed by atoms with van der Waals surface area (Å²) < 4.78 is 1.97. The van der Waals surface area contributed by atoms with Crippen molar-refractivity contribution >= 4 is 11.5 Å².